The number of aromatic nitrogens is 3. The topological polar surface area (TPSA) is 63.1 Å². The van der Waals surface area contributed by atoms with Gasteiger partial charge in [-0.3, -0.25) is 9.48 Å². The molecule has 1 amide bonds. The van der Waals surface area contributed by atoms with E-state index in [0.29, 0.717) is 18.8 Å². The van der Waals surface area contributed by atoms with E-state index in [1.54, 1.807) is 28.8 Å². The fraction of sp³-hybridized carbons (Fsp3) is 0.400. The van der Waals surface area contributed by atoms with E-state index in [0.717, 1.165) is 17.7 Å². The third kappa shape index (κ3) is 2.85. The van der Waals surface area contributed by atoms with E-state index >= 15 is 0 Å². The molecule has 1 aliphatic rings. The first-order valence-electron chi connectivity index (χ1n) is 7.20. The van der Waals surface area contributed by atoms with Gasteiger partial charge in [0.25, 0.3) is 0 Å². The molecule has 3 rings (SSSR count). The summed E-state index contributed by atoms with van der Waals surface area (Å²) in [6.45, 7) is 2.93. The van der Waals surface area contributed by atoms with Crippen LogP contribution in [0.4, 0.5) is 10.1 Å². The number of hydrogen-bond acceptors (Lipinski definition) is 4. The summed E-state index contributed by atoms with van der Waals surface area (Å²) in [6, 6.07) is 2.80. The summed E-state index contributed by atoms with van der Waals surface area (Å²) in [5.74, 6) is -0.443. The number of hydrogen-bond donors (Lipinski definition) is 1. The van der Waals surface area contributed by atoms with Gasteiger partial charge in [0.05, 0.1) is 17.9 Å². The Kier molecular flexibility index (Phi) is 3.89. The van der Waals surface area contributed by atoms with Crippen molar-refractivity contribution in [3.63, 3.8) is 0 Å². The molecule has 6 nitrogen and oxygen atoms in total. The van der Waals surface area contributed by atoms with Gasteiger partial charge in [0.2, 0.25) is 11.9 Å². The molecule has 2 aromatic heterocycles. The Morgan fingerprint density at radius 1 is 1.45 bits per heavy atom. The predicted molar refractivity (Wildman–Crippen MR) is 79.7 cm³/mol. The largest absolute Gasteiger partial charge is 0.308 e. The molecule has 0 aliphatic carbocycles. The molecule has 116 valence electrons. The van der Waals surface area contributed by atoms with Crippen LogP contribution in [0.5, 0.6) is 0 Å². The number of pyridine rings is 1. The number of anilines is 1. The molecule has 1 saturated heterocycles. The predicted octanol–water partition coefficient (Wildman–Crippen LogP) is 1.16. The highest BCUT2D eigenvalue weighted by molar-refractivity contribution is 5.99. The second kappa shape index (κ2) is 5.84. The minimum Gasteiger partial charge on any atom is -0.308 e. The number of carbonyl (C=O) groups excluding carboxylic acids is 1. The molecule has 1 fully saturated rings. The Hall–Kier alpha value is -2.28. The Balaban J connectivity index is 1.63. The molecule has 0 saturated carbocycles. The lowest BCUT2D eigenvalue weighted by molar-refractivity contribution is -0.118. The van der Waals surface area contributed by atoms with Gasteiger partial charge in [-0.2, -0.15) is 9.49 Å². The first-order valence-corrected chi connectivity index (χ1v) is 7.20. The molecule has 1 N–H and O–H groups in total. The maximum Gasteiger partial charge on any atom is 0.244 e. The molecular weight excluding hydrogens is 285 g/mol. The van der Waals surface area contributed by atoms with Crippen molar-refractivity contribution in [2.45, 2.75) is 25.9 Å². The van der Waals surface area contributed by atoms with E-state index in [9.17, 15) is 9.18 Å². The summed E-state index contributed by atoms with van der Waals surface area (Å²) >= 11 is 0. The van der Waals surface area contributed by atoms with Crippen molar-refractivity contribution >= 4 is 11.6 Å². The van der Waals surface area contributed by atoms with Gasteiger partial charge in [0.1, 0.15) is 0 Å². The highest BCUT2D eigenvalue weighted by atomic mass is 19.1. The standard InChI is InChI=1S/C15H18FN5O/c1-10-11(3-4-14(16)19-10)7-17-13-5-6-21(15(13)22)12-8-18-20(2)9-12/h3-4,8-9,13,17H,5-7H2,1-2H3/t13-/m1/s1. The number of rotatable bonds is 4. The van der Waals surface area contributed by atoms with Gasteiger partial charge in [0, 0.05) is 32.0 Å². The highest BCUT2D eigenvalue weighted by Crippen LogP contribution is 2.21. The Bertz CT molecular complexity index is 699. The monoisotopic (exact) mass is 303 g/mol. The molecule has 0 unspecified atom stereocenters. The van der Waals surface area contributed by atoms with Gasteiger partial charge in [-0.25, -0.2) is 4.98 Å². The first kappa shape index (κ1) is 14.6. The van der Waals surface area contributed by atoms with E-state index in [1.807, 2.05) is 13.2 Å². The van der Waals surface area contributed by atoms with Crippen molar-refractivity contribution in [2.24, 2.45) is 7.05 Å². The van der Waals surface area contributed by atoms with Gasteiger partial charge >= 0.3 is 0 Å². The minimum atomic E-state index is -0.485. The summed E-state index contributed by atoms with van der Waals surface area (Å²) in [7, 11) is 1.82. The Morgan fingerprint density at radius 2 is 2.27 bits per heavy atom. The van der Waals surface area contributed by atoms with Crippen molar-refractivity contribution in [1.29, 1.82) is 0 Å². The van der Waals surface area contributed by atoms with E-state index in [1.165, 1.54) is 6.07 Å². The summed E-state index contributed by atoms with van der Waals surface area (Å²) in [5.41, 5.74) is 2.35. The fourth-order valence-corrected chi connectivity index (χ4v) is 2.65. The smallest absolute Gasteiger partial charge is 0.244 e. The average Bonchev–Trinajstić information content (AvgIpc) is 3.04. The minimum absolute atomic E-state index is 0.0423. The molecule has 2 aromatic rings. The molecule has 3 heterocycles. The zero-order chi connectivity index (χ0) is 15.7. The second-order valence-electron chi connectivity index (χ2n) is 5.46. The van der Waals surface area contributed by atoms with Crippen molar-refractivity contribution in [3.8, 4) is 0 Å². The quantitative estimate of drug-likeness (QED) is 0.861. The number of nitrogens with zero attached hydrogens (tertiary/aromatic N) is 4. The third-order valence-electron chi connectivity index (χ3n) is 3.91. The molecular formula is C15H18FN5O. The number of nitrogens with one attached hydrogen (secondary N) is 1. The van der Waals surface area contributed by atoms with Crippen LogP contribution in [0.25, 0.3) is 0 Å². The van der Waals surface area contributed by atoms with Crippen LogP contribution >= 0.6 is 0 Å². The van der Waals surface area contributed by atoms with Gasteiger partial charge in [-0.1, -0.05) is 6.07 Å². The molecule has 0 spiro atoms. The molecule has 0 bridgehead atoms. The van der Waals surface area contributed by atoms with Crippen molar-refractivity contribution in [2.75, 3.05) is 11.4 Å². The van der Waals surface area contributed by atoms with Crippen LogP contribution in [-0.4, -0.2) is 33.3 Å². The van der Waals surface area contributed by atoms with E-state index in [-0.39, 0.29) is 11.9 Å². The molecule has 0 aromatic carbocycles. The maximum atomic E-state index is 13.0. The van der Waals surface area contributed by atoms with Crippen LogP contribution in [0.1, 0.15) is 17.7 Å². The van der Waals surface area contributed by atoms with Crippen LogP contribution < -0.4 is 10.2 Å². The normalized spacial score (nSPS) is 18.2. The van der Waals surface area contributed by atoms with Crippen molar-refractivity contribution in [3.05, 3.63) is 41.7 Å². The third-order valence-corrected chi connectivity index (χ3v) is 3.91. The van der Waals surface area contributed by atoms with Gasteiger partial charge < -0.3 is 10.2 Å². The average molecular weight is 303 g/mol. The Morgan fingerprint density at radius 3 is 2.95 bits per heavy atom. The van der Waals surface area contributed by atoms with Crippen molar-refractivity contribution in [1.82, 2.24) is 20.1 Å². The number of carbonyl (C=O) groups is 1. The van der Waals surface area contributed by atoms with Crippen LogP contribution in [0, 0.1) is 12.9 Å². The summed E-state index contributed by atoms with van der Waals surface area (Å²) in [6.07, 6.45) is 4.25. The van der Waals surface area contributed by atoms with Gasteiger partial charge in [-0.05, 0) is 25.0 Å². The molecule has 0 radical (unpaired) electrons. The van der Waals surface area contributed by atoms with Gasteiger partial charge in [-0.15, -0.1) is 0 Å². The summed E-state index contributed by atoms with van der Waals surface area (Å²) in [4.78, 5) is 18.0. The van der Waals surface area contributed by atoms with Gasteiger partial charge in [0.15, 0.2) is 0 Å². The second-order valence-corrected chi connectivity index (χ2v) is 5.46. The number of halogens is 1. The number of amides is 1. The lowest BCUT2D eigenvalue weighted by atomic mass is 10.2. The Labute approximate surface area is 128 Å². The molecule has 7 heteroatoms. The van der Waals surface area contributed by atoms with Crippen LogP contribution in [0.3, 0.4) is 0 Å². The SMILES string of the molecule is Cc1nc(F)ccc1CN[C@@H]1CCN(c2cnn(C)c2)C1=O. The summed E-state index contributed by atoms with van der Waals surface area (Å²) < 4.78 is 14.7. The number of aryl methyl sites for hydroxylation is 2. The lowest BCUT2D eigenvalue weighted by Crippen LogP contribution is -2.38. The van der Waals surface area contributed by atoms with E-state index in [4.69, 9.17) is 0 Å². The zero-order valence-electron chi connectivity index (χ0n) is 12.6. The van der Waals surface area contributed by atoms with Crippen LogP contribution in [-0.2, 0) is 18.4 Å². The fourth-order valence-electron chi connectivity index (χ4n) is 2.65. The molecule has 22 heavy (non-hydrogen) atoms. The van der Waals surface area contributed by atoms with Crippen molar-refractivity contribution < 1.29 is 9.18 Å². The maximum absolute atomic E-state index is 13.0. The lowest BCUT2D eigenvalue weighted by Gasteiger charge is -2.15. The van der Waals surface area contributed by atoms with Crippen LogP contribution in [0.2, 0.25) is 0 Å². The first-order chi connectivity index (χ1) is 10.5. The molecule has 1 atom stereocenters. The van der Waals surface area contributed by atoms with E-state index in [2.05, 4.69) is 15.4 Å². The molecule has 1 aliphatic heterocycles. The summed E-state index contributed by atoms with van der Waals surface area (Å²) in [5, 5.41) is 7.33. The van der Waals surface area contributed by atoms with Crippen LogP contribution in [0.15, 0.2) is 24.5 Å². The van der Waals surface area contributed by atoms with E-state index < -0.39 is 5.95 Å². The highest BCUT2D eigenvalue weighted by Gasteiger charge is 2.32. The zero-order valence-corrected chi connectivity index (χ0v) is 12.6.